The fourth-order valence-corrected chi connectivity index (χ4v) is 2.82. The average Bonchev–Trinajstić information content (AvgIpc) is 2.97. The summed E-state index contributed by atoms with van der Waals surface area (Å²) in [5.74, 6) is 1.29. The second-order valence-electron chi connectivity index (χ2n) is 4.38. The number of fused-ring (bicyclic) bond motifs is 1. The van der Waals surface area contributed by atoms with Gasteiger partial charge in [-0.3, -0.25) is 0 Å². The fourth-order valence-electron chi connectivity index (χ4n) is 1.88. The second kappa shape index (κ2) is 5.58. The van der Waals surface area contributed by atoms with Crippen LogP contribution in [0, 0.1) is 0 Å². The van der Waals surface area contributed by atoms with Crippen LogP contribution in [0.4, 0.5) is 0 Å². The first-order chi connectivity index (χ1) is 9.78. The van der Waals surface area contributed by atoms with Gasteiger partial charge in [-0.25, -0.2) is 0 Å². The highest BCUT2D eigenvalue weighted by molar-refractivity contribution is 7.99. The SMILES string of the molecule is CCc1nnc([C@H](C)Sc2nncc3ccccc23)o1. The number of benzene rings is 1. The van der Waals surface area contributed by atoms with Crippen molar-refractivity contribution < 1.29 is 4.42 Å². The molecule has 0 N–H and O–H groups in total. The number of thioether (sulfide) groups is 1. The first-order valence-electron chi connectivity index (χ1n) is 6.47. The van der Waals surface area contributed by atoms with Gasteiger partial charge < -0.3 is 4.42 Å². The Morgan fingerprint density at radius 1 is 1.20 bits per heavy atom. The molecule has 1 aromatic carbocycles. The van der Waals surface area contributed by atoms with Gasteiger partial charge in [0.15, 0.2) is 0 Å². The third kappa shape index (κ3) is 2.51. The van der Waals surface area contributed by atoms with Crippen LogP contribution in [0.5, 0.6) is 0 Å². The maximum Gasteiger partial charge on any atom is 0.229 e. The Hall–Kier alpha value is -1.95. The number of hydrogen-bond acceptors (Lipinski definition) is 6. The number of aromatic nitrogens is 4. The van der Waals surface area contributed by atoms with Crippen molar-refractivity contribution in [3.63, 3.8) is 0 Å². The van der Waals surface area contributed by atoms with E-state index in [2.05, 4.69) is 20.4 Å². The number of hydrogen-bond donors (Lipinski definition) is 0. The summed E-state index contributed by atoms with van der Waals surface area (Å²) in [6.45, 7) is 4.02. The Kier molecular flexibility index (Phi) is 3.64. The van der Waals surface area contributed by atoms with E-state index in [4.69, 9.17) is 4.42 Å². The monoisotopic (exact) mass is 286 g/mol. The van der Waals surface area contributed by atoms with Gasteiger partial charge in [0.25, 0.3) is 0 Å². The molecule has 0 aliphatic heterocycles. The maximum absolute atomic E-state index is 5.59. The summed E-state index contributed by atoms with van der Waals surface area (Å²) in [5, 5.41) is 19.4. The minimum absolute atomic E-state index is 0.0444. The quantitative estimate of drug-likeness (QED) is 0.685. The number of aryl methyl sites for hydroxylation is 1. The van der Waals surface area contributed by atoms with Crippen molar-refractivity contribution >= 4 is 22.5 Å². The van der Waals surface area contributed by atoms with Crippen LogP contribution >= 0.6 is 11.8 Å². The molecule has 0 fully saturated rings. The molecule has 0 saturated carbocycles. The molecule has 2 aromatic heterocycles. The van der Waals surface area contributed by atoms with Crippen molar-refractivity contribution in [2.75, 3.05) is 0 Å². The highest BCUT2D eigenvalue weighted by atomic mass is 32.2. The minimum Gasteiger partial charge on any atom is -0.424 e. The molecule has 0 unspecified atom stereocenters. The van der Waals surface area contributed by atoms with Crippen molar-refractivity contribution in [3.8, 4) is 0 Å². The van der Waals surface area contributed by atoms with Crippen LogP contribution in [0.3, 0.4) is 0 Å². The first kappa shape index (κ1) is 13.1. The molecule has 6 heteroatoms. The van der Waals surface area contributed by atoms with E-state index in [1.165, 1.54) is 0 Å². The van der Waals surface area contributed by atoms with Crippen LogP contribution in [0.1, 0.15) is 30.9 Å². The van der Waals surface area contributed by atoms with Crippen molar-refractivity contribution in [1.82, 2.24) is 20.4 Å². The van der Waals surface area contributed by atoms with Crippen LogP contribution in [0.15, 0.2) is 39.9 Å². The molecule has 5 nitrogen and oxygen atoms in total. The molecule has 1 atom stereocenters. The highest BCUT2D eigenvalue weighted by Gasteiger charge is 2.17. The van der Waals surface area contributed by atoms with Gasteiger partial charge in [-0.2, -0.15) is 5.10 Å². The molecular weight excluding hydrogens is 272 g/mol. The second-order valence-corrected chi connectivity index (χ2v) is 5.71. The molecule has 20 heavy (non-hydrogen) atoms. The lowest BCUT2D eigenvalue weighted by Crippen LogP contribution is -1.93. The molecule has 102 valence electrons. The van der Waals surface area contributed by atoms with Gasteiger partial charge in [0.1, 0.15) is 5.03 Å². The van der Waals surface area contributed by atoms with Crippen LogP contribution in [-0.2, 0) is 6.42 Å². The normalized spacial score (nSPS) is 12.7. The van der Waals surface area contributed by atoms with Gasteiger partial charge in [0, 0.05) is 17.2 Å². The van der Waals surface area contributed by atoms with Crippen LogP contribution in [0.25, 0.3) is 10.8 Å². The average molecular weight is 286 g/mol. The van der Waals surface area contributed by atoms with Crippen molar-refractivity contribution in [2.45, 2.75) is 30.5 Å². The Bertz CT molecular complexity index is 723. The topological polar surface area (TPSA) is 64.7 Å². The Labute approximate surface area is 120 Å². The lowest BCUT2D eigenvalue weighted by Gasteiger charge is -2.07. The lowest BCUT2D eigenvalue weighted by atomic mass is 10.2. The molecule has 0 aliphatic rings. The van der Waals surface area contributed by atoms with E-state index in [0.29, 0.717) is 11.8 Å². The van der Waals surface area contributed by atoms with E-state index in [-0.39, 0.29) is 5.25 Å². The zero-order valence-corrected chi connectivity index (χ0v) is 12.1. The molecule has 0 spiro atoms. The van der Waals surface area contributed by atoms with Gasteiger partial charge in [-0.1, -0.05) is 43.0 Å². The van der Waals surface area contributed by atoms with Crippen molar-refractivity contribution in [3.05, 3.63) is 42.2 Å². The largest absolute Gasteiger partial charge is 0.424 e. The number of rotatable bonds is 4. The summed E-state index contributed by atoms with van der Waals surface area (Å²) in [6.07, 6.45) is 2.52. The summed E-state index contributed by atoms with van der Waals surface area (Å²) >= 11 is 1.58. The lowest BCUT2D eigenvalue weighted by molar-refractivity contribution is 0.456. The fraction of sp³-hybridized carbons (Fsp3) is 0.286. The van der Waals surface area contributed by atoms with Crippen molar-refractivity contribution in [2.24, 2.45) is 0 Å². The maximum atomic E-state index is 5.59. The zero-order valence-electron chi connectivity index (χ0n) is 11.3. The molecule has 0 amide bonds. The summed E-state index contributed by atoms with van der Waals surface area (Å²) < 4.78 is 5.59. The van der Waals surface area contributed by atoms with Crippen LogP contribution < -0.4 is 0 Å². The Balaban J connectivity index is 1.89. The van der Waals surface area contributed by atoms with Gasteiger partial charge in [0.05, 0.1) is 11.4 Å². The molecule has 3 rings (SSSR count). The van der Waals surface area contributed by atoms with Gasteiger partial charge in [0.2, 0.25) is 11.8 Å². The van der Waals surface area contributed by atoms with Crippen LogP contribution in [-0.4, -0.2) is 20.4 Å². The molecule has 3 aromatic rings. The highest BCUT2D eigenvalue weighted by Crippen LogP contribution is 2.36. The Morgan fingerprint density at radius 3 is 2.85 bits per heavy atom. The molecular formula is C14H14N4OS. The summed E-state index contributed by atoms with van der Waals surface area (Å²) in [7, 11) is 0. The van der Waals surface area contributed by atoms with E-state index in [1.54, 1.807) is 18.0 Å². The smallest absolute Gasteiger partial charge is 0.229 e. The third-order valence-corrected chi connectivity index (χ3v) is 4.04. The van der Waals surface area contributed by atoms with Gasteiger partial charge >= 0.3 is 0 Å². The Morgan fingerprint density at radius 2 is 2.05 bits per heavy atom. The number of nitrogens with zero attached hydrogens (tertiary/aromatic N) is 4. The predicted octanol–water partition coefficient (Wildman–Crippen LogP) is 3.43. The summed E-state index contributed by atoms with van der Waals surface area (Å²) in [6, 6.07) is 8.07. The summed E-state index contributed by atoms with van der Waals surface area (Å²) in [4.78, 5) is 0. The van der Waals surface area contributed by atoms with E-state index >= 15 is 0 Å². The van der Waals surface area contributed by atoms with E-state index in [9.17, 15) is 0 Å². The molecule has 0 radical (unpaired) electrons. The standard InChI is InChI=1S/C14H14N4OS/c1-3-12-16-17-13(19-12)9(2)20-14-11-7-5-4-6-10(11)8-15-18-14/h4-9H,3H2,1-2H3/t9-/m0/s1. The molecule has 0 bridgehead atoms. The van der Waals surface area contributed by atoms with Gasteiger partial charge in [-0.05, 0) is 6.92 Å². The summed E-state index contributed by atoms with van der Waals surface area (Å²) in [5.41, 5.74) is 0. The van der Waals surface area contributed by atoms with Crippen LogP contribution in [0.2, 0.25) is 0 Å². The first-order valence-corrected chi connectivity index (χ1v) is 7.35. The predicted molar refractivity (Wildman–Crippen MR) is 77.5 cm³/mol. The zero-order chi connectivity index (χ0) is 13.9. The minimum atomic E-state index is 0.0444. The molecule has 0 aliphatic carbocycles. The van der Waals surface area contributed by atoms with Gasteiger partial charge in [-0.15, -0.1) is 15.3 Å². The third-order valence-electron chi connectivity index (χ3n) is 2.96. The van der Waals surface area contributed by atoms with E-state index in [1.807, 2.05) is 38.1 Å². The molecule has 2 heterocycles. The molecule has 0 saturated heterocycles. The van der Waals surface area contributed by atoms with E-state index in [0.717, 1.165) is 22.2 Å². The van der Waals surface area contributed by atoms with Crippen molar-refractivity contribution in [1.29, 1.82) is 0 Å². The van der Waals surface area contributed by atoms with E-state index < -0.39 is 0 Å².